The van der Waals surface area contributed by atoms with E-state index in [9.17, 15) is 4.57 Å². The molecule has 1 atom stereocenters. The standard InChI is InChI=1S/C9H11Cl2N2O3PS/c1-5(17(14,15)16)12-9(18)13-7-4-2-3-6(10)8(7)11/h2-5H,1H3,(H2,12,13,18)(H2,14,15,16)/t5-/m1/s1. The SMILES string of the molecule is C[C@H](NC(=S)Nc1cccc(Cl)c1Cl)P(=O)(O)O. The average molecular weight is 329 g/mol. The lowest BCUT2D eigenvalue weighted by Gasteiger charge is -2.18. The Kier molecular flexibility index (Phi) is 5.40. The van der Waals surface area contributed by atoms with Crippen LogP contribution >= 0.6 is 43.0 Å². The Morgan fingerprint density at radius 1 is 1.44 bits per heavy atom. The summed E-state index contributed by atoms with van der Waals surface area (Å²) in [6, 6.07) is 4.93. The van der Waals surface area contributed by atoms with E-state index in [1.165, 1.54) is 6.92 Å². The number of anilines is 1. The van der Waals surface area contributed by atoms with Gasteiger partial charge in [-0.25, -0.2) is 0 Å². The average Bonchev–Trinajstić information content (AvgIpc) is 2.23. The van der Waals surface area contributed by atoms with Crippen LogP contribution in [-0.2, 0) is 4.57 Å². The summed E-state index contributed by atoms with van der Waals surface area (Å²) < 4.78 is 10.9. The van der Waals surface area contributed by atoms with E-state index in [1.807, 2.05) is 0 Å². The van der Waals surface area contributed by atoms with E-state index in [4.69, 9.17) is 45.2 Å². The molecule has 0 spiro atoms. The largest absolute Gasteiger partial charge is 0.349 e. The number of hydrogen-bond acceptors (Lipinski definition) is 2. The normalized spacial score (nSPS) is 12.9. The van der Waals surface area contributed by atoms with Crippen LogP contribution in [0.1, 0.15) is 6.92 Å². The minimum absolute atomic E-state index is 0.0509. The molecular weight excluding hydrogens is 318 g/mol. The zero-order valence-corrected chi connectivity index (χ0v) is 12.4. The third kappa shape index (κ3) is 4.39. The van der Waals surface area contributed by atoms with Crippen molar-refractivity contribution < 1.29 is 14.4 Å². The van der Waals surface area contributed by atoms with Crippen LogP contribution in [0.15, 0.2) is 18.2 Å². The van der Waals surface area contributed by atoms with Gasteiger partial charge < -0.3 is 20.4 Å². The van der Waals surface area contributed by atoms with Crippen LogP contribution in [-0.4, -0.2) is 20.7 Å². The van der Waals surface area contributed by atoms with Crippen molar-refractivity contribution in [1.29, 1.82) is 0 Å². The Morgan fingerprint density at radius 3 is 2.61 bits per heavy atom. The summed E-state index contributed by atoms with van der Waals surface area (Å²) in [6.07, 6.45) is 0. The zero-order chi connectivity index (χ0) is 13.9. The van der Waals surface area contributed by atoms with E-state index >= 15 is 0 Å². The van der Waals surface area contributed by atoms with Gasteiger partial charge >= 0.3 is 7.60 Å². The van der Waals surface area contributed by atoms with Gasteiger partial charge in [-0.1, -0.05) is 29.3 Å². The summed E-state index contributed by atoms with van der Waals surface area (Å²) >= 11 is 16.7. The molecule has 0 aliphatic carbocycles. The molecule has 0 fully saturated rings. The second-order valence-corrected chi connectivity index (χ2v) is 6.61. The van der Waals surface area contributed by atoms with Gasteiger partial charge in [0.15, 0.2) is 5.11 Å². The highest BCUT2D eigenvalue weighted by Gasteiger charge is 2.24. The minimum Gasteiger partial charge on any atom is -0.349 e. The summed E-state index contributed by atoms with van der Waals surface area (Å²) in [4.78, 5) is 17.8. The fourth-order valence-electron chi connectivity index (χ4n) is 1.03. The molecule has 0 saturated heterocycles. The zero-order valence-electron chi connectivity index (χ0n) is 9.22. The number of hydrogen-bond donors (Lipinski definition) is 4. The Hall–Kier alpha value is -0.360. The van der Waals surface area contributed by atoms with Gasteiger partial charge in [-0.3, -0.25) is 4.57 Å². The van der Waals surface area contributed by atoms with Crippen molar-refractivity contribution >= 4 is 53.8 Å². The third-order valence-electron chi connectivity index (χ3n) is 2.04. The van der Waals surface area contributed by atoms with E-state index in [0.29, 0.717) is 10.7 Å². The number of thiocarbonyl (C=S) groups is 1. The second-order valence-electron chi connectivity index (χ2n) is 3.46. The highest BCUT2D eigenvalue weighted by atomic mass is 35.5. The van der Waals surface area contributed by atoms with Gasteiger partial charge in [0.05, 0.1) is 15.7 Å². The van der Waals surface area contributed by atoms with Gasteiger partial charge in [0.2, 0.25) is 0 Å². The van der Waals surface area contributed by atoms with Crippen molar-refractivity contribution in [2.24, 2.45) is 0 Å². The fraction of sp³-hybridized carbons (Fsp3) is 0.222. The highest BCUT2D eigenvalue weighted by molar-refractivity contribution is 7.80. The Morgan fingerprint density at radius 2 is 2.06 bits per heavy atom. The van der Waals surface area contributed by atoms with Crippen molar-refractivity contribution in [2.75, 3.05) is 5.32 Å². The van der Waals surface area contributed by atoms with Gasteiger partial charge in [-0.2, -0.15) is 0 Å². The first-order valence-electron chi connectivity index (χ1n) is 4.78. The molecule has 0 aliphatic heterocycles. The fourth-order valence-corrected chi connectivity index (χ4v) is 2.05. The second kappa shape index (κ2) is 6.19. The quantitative estimate of drug-likeness (QED) is 0.504. The first-order chi connectivity index (χ1) is 8.21. The molecule has 0 unspecified atom stereocenters. The monoisotopic (exact) mass is 328 g/mol. The third-order valence-corrected chi connectivity index (χ3v) is 4.22. The molecule has 0 radical (unpaired) electrons. The maximum absolute atomic E-state index is 10.9. The van der Waals surface area contributed by atoms with Crippen LogP contribution in [0.2, 0.25) is 10.0 Å². The molecule has 0 saturated carbocycles. The maximum atomic E-state index is 10.9. The molecule has 0 aliphatic rings. The van der Waals surface area contributed by atoms with Crippen LogP contribution in [0.4, 0.5) is 5.69 Å². The lowest BCUT2D eigenvalue weighted by atomic mass is 10.3. The first kappa shape index (κ1) is 15.7. The first-order valence-corrected chi connectivity index (χ1v) is 7.63. The van der Waals surface area contributed by atoms with E-state index in [0.717, 1.165) is 0 Å². The van der Waals surface area contributed by atoms with Gasteiger partial charge in [-0.15, -0.1) is 0 Å². The molecule has 1 aromatic carbocycles. The smallest absolute Gasteiger partial charge is 0.347 e. The van der Waals surface area contributed by atoms with E-state index in [-0.39, 0.29) is 10.1 Å². The molecule has 5 nitrogen and oxygen atoms in total. The highest BCUT2D eigenvalue weighted by Crippen LogP contribution is 2.39. The Bertz CT molecular complexity index is 509. The molecule has 0 heterocycles. The summed E-state index contributed by atoms with van der Waals surface area (Å²) in [5, 5.41) is 5.87. The number of halogens is 2. The molecule has 18 heavy (non-hydrogen) atoms. The number of benzene rings is 1. The van der Waals surface area contributed by atoms with Crippen LogP contribution in [0.3, 0.4) is 0 Å². The molecular formula is C9H11Cl2N2O3PS. The Balaban J connectivity index is 2.71. The van der Waals surface area contributed by atoms with Crippen molar-refractivity contribution in [3.8, 4) is 0 Å². The molecule has 0 amide bonds. The van der Waals surface area contributed by atoms with Gasteiger partial charge in [-0.05, 0) is 31.3 Å². The van der Waals surface area contributed by atoms with Gasteiger partial charge in [0.25, 0.3) is 0 Å². The predicted molar refractivity (Wildman–Crippen MR) is 77.3 cm³/mol. The Labute approximate surface area is 120 Å². The number of nitrogens with one attached hydrogen (secondary N) is 2. The van der Waals surface area contributed by atoms with Crippen LogP contribution in [0.25, 0.3) is 0 Å². The van der Waals surface area contributed by atoms with Crippen molar-refractivity contribution in [3.05, 3.63) is 28.2 Å². The topological polar surface area (TPSA) is 81.6 Å². The van der Waals surface area contributed by atoms with E-state index < -0.39 is 13.4 Å². The van der Waals surface area contributed by atoms with Crippen LogP contribution in [0.5, 0.6) is 0 Å². The maximum Gasteiger partial charge on any atom is 0.347 e. The predicted octanol–water partition coefficient (Wildman–Crippen LogP) is 2.80. The summed E-state index contributed by atoms with van der Waals surface area (Å²) in [5.74, 6) is -1.09. The summed E-state index contributed by atoms with van der Waals surface area (Å²) in [7, 11) is -4.23. The van der Waals surface area contributed by atoms with Crippen LogP contribution in [0, 0.1) is 0 Å². The lowest BCUT2D eigenvalue weighted by Crippen LogP contribution is -2.35. The summed E-state index contributed by atoms with van der Waals surface area (Å²) in [6.45, 7) is 1.33. The van der Waals surface area contributed by atoms with E-state index in [1.54, 1.807) is 18.2 Å². The molecule has 0 aromatic heterocycles. The molecule has 4 N–H and O–H groups in total. The van der Waals surface area contributed by atoms with Crippen molar-refractivity contribution in [2.45, 2.75) is 12.7 Å². The number of rotatable bonds is 3. The van der Waals surface area contributed by atoms with Gasteiger partial charge in [0, 0.05) is 0 Å². The van der Waals surface area contributed by atoms with E-state index in [2.05, 4.69) is 10.6 Å². The molecule has 100 valence electrons. The van der Waals surface area contributed by atoms with Crippen molar-refractivity contribution in [1.82, 2.24) is 5.32 Å². The van der Waals surface area contributed by atoms with Crippen LogP contribution < -0.4 is 10.6 Å². The van der Waals surface area contributed by atoms with Crippen molar-refractivity contribution in [3.63, 3.8) is 0 Å². The molecule has 9 heteroatoms. The molecule has 1 rings (SSSR count). The molecule has 1 aromatic rings. The summed E-state index contributed by atoms with van der Waals surface area (Å²) in [5.41, 5.74) is 0.458. The molecule has 0 bridgehead atoms. The van der Waals surface area contributed by atoms with Gasteiger partial charge in [0.1, 0.15) is 5.78 Å². The lowest BCUT2D eigenvalue weighted by molar-refractivity contribution is 0.357. The minimum atomic E-state index is -4.23.